The van der Waals surface area contributed by atoms with Crippen LogP contribution in [0.15, 0.2) is 24.3 Å². The van der Waals surface area contributed by atoms with Crippen molar-refractivity contribution in [2.75, 3.05) is 0 Å². The fourth-order valence-corrected chi connectivity index (χ4v) is 7.47. The zero-order valence-corrected chi connectivity index (χ0v) is 32.5. The molecule has 1 nitrogen and oxygen atoms in total. The van der Waals surface area contributed by atoms with Crippen LogP contribution in [-0.4, -0.2) is 0 Å². The van der Waals surface area contributed by atoms with E-state index in [4.69, 9.17) is 4.74 Å². The first-order chi connectivity index (χ1) is 23.1. The zero-order valence-electron chi connectivity index (χ0n) is 32.5. The average Bonchev–Trinajstić information content (AvgIpc) is 3.07. The van der Waals surface area contributed by atoms with Crippen molar-refractivity contribution in [3.05, 3.63) is 57.6 Å². The summed E-state index contributed by atoms with van der Waals surface area (Å²) in [7, 11) is 0. The Morgan fingerprint density at radius 3 is 1.00 bits per heavy atom. The number of hydrogen-bond acceptors (Lipinski definition) is 1. The first-order valence-corrected chi connectivity index (χ1v) is 21.0. The molecular formula is C46H78O. The highest BCUT2D eigenvalue weighted by atomic mass is 16.5. The van der Waals surface area contributed by atoms with Crippen molar-refractivity contribution in [1.29, 1.82) is 0 Å². The molecule has 1 heteroatoms. The molecule has 0 atom stereocenters. The first kappa shape index (κ1) is 41.4. The van der Waals surface area contributed by atoms with E-state index >= 15 is 0 Å². The van der Waals surface area contributed by atoms with Gasteiger partial charge >= 0.3 is 0 Å². The molecule has 0 bridgehead atoms. The van der Waals surface area contributed by atoms with Crippen LogP contribution < -0.4 is 4.74 Å². The Morgan fingerprint density at radius 2 is 0.660 bits per heavy atom. The van der Waals surface area contributed by atoms with Crippen molar-refractivity contribution < 1.29 is 4.74 Å². The van der Waals surface area contributed by atoms with Crippen molar-refractivity contribution in [3.63, 3.8) is 0 Å². The minimum Gasteiger partial charge on any atom is -0.457 e. The molecular weight excluding hydrogens is 569 g/mol. The van der Waals surface area contributed by atoms with Gasteiger partial charge in [-0.2, -0.15) is 0 Å². The number of ether oxygens (including phenoxy) is 1. The molecule has 268 valence electrons. The SMILES string of the molecule is CCCCCCCCc1c(C)c(CCCCCCCC)c(CCCCCCCC)c(Oc2ccc(C)cc2)c1CCCCCCCC. The van der Waals surface area contributed by atoms with Gasteiger partial charge in [-0.3, -0.25) is 0 Å². The summed E-state index contributed by atoms with van der Waals surface area (Å²) in [6, 6.07) is 8.86. The molecule has 0 radical (unpaired) electrons. The predicted octanol–water partition coefficient (Wildman–Crippen LogP) is 15.7. The lowest BCUT2D eigenvalue weighted by molar-refractivity contribution is 0.461. The quantitative estimate of drug-likeness (QED) is 0.0767. The van der Waals surface area contributed by atoms with E-state index in [2.05, 4.69) is 65.8 Å². The highest BCUT2D eigenvalue weighted by Crippen LogP contribution is 2.41. The van der Waals surface area contributed by atoms with Crippen LogP contribution in [0.2, 0.25) is 0 Å². The van der Waals surface area contributed by atoms with Gasteiger partial charge in [0.05, 0.1) is 0 Å². The van der Waals surface area contributed by atoms with Crippen LogP contribution in [0, 0.1) is 13.8 Å². The Bertz CT molecular complexity index is 975. The predicted molar refractivity (Wildman–Crippen MR) is 211 cm³/mol. The van der Waals surface area contributed by atoms with Gasteiger partial charge in [-0.15, -0.1) is 0 Å². The van der Waals surface area contributed by atoms with Crippen molar-refractivity contribution in [3.8, 4) is 11.5 Å². The Morgan fingerprint density at radius 1 is 0.362 bits per heavy atom. The molecule has 0 spiro atoms. The molecule has 0 unspecified atom stereocenters. The van der Waals surface area contributed by atoms with Crippen molar-refractivity contribution >= 4 is 0 Å². The molecule has 0 aliphatic carbocycles. The molecule has 0 N–H and O–H groups in total. The zero-order chi connectivity index (χ0) is 34.0. The van der Waals surface area contributed by atoms with Gasteiger partial charge < -0.3 is 4.74 Å². The third-order valence-electron chi connectivity index (χ3n) is 10.5. The van der Waals surface area contributed by atoms with E-state index in [0.29, 0.717) is 0 Å². The van der Waals surface area contributed by atoms with E-state index in [9.17, 15) is 0 Å². The summed E-state index contributed by atoms with van der Waals surface area (Å²) in [5.74, 6) is 2.28. The lowest BCUT2D eigenvalue weighted by Gasteiger charge is -2.26. The average molecular weight is 647 g/mol. The molecule has 2 aromatic rings. The molecule has 2 rings (SSSR count). The van der Waals surface area contributed by atoms with Gasteiger partial charge in [0.1, 0.15) is 11.5 Å². The smallest absolute Gasteiger partial charge is 0.134 e. The van der Waals surface area contributed by atoms with E-state index < -0.39 is 0 Å². The number of hydrogen-bond donors (Lipinski definition) is 0. The normalized spacial score (nSPS) is 11.4. The largest absolute Gasteiger partial charge is 0.457 e. The molecule has 0 aromatic heterocycles. The molecule has 0 aliphatic heterocycles. The van der Waals surface area contributed by atoms with Gasteiger partial charge in [-0.25, -0.2) is 0 Å². The van der Waals surface area contributed by atoms with E-state index in [0.717, 1.165) is 5.75 Å². The summed E-state index contributed by atoms with van der Waals surface area (Å²) in [5, 5.41) is 0. The molecule has 47 heavy (non-hydrogen) atoms. The van der Waals surface area contributed by atoms with Crippen LogP contribution in [0.5, 0.6) is 11.5 Å². The van der Waals surface area contributed by atoms with Gasteiger partial charge in [0.2, 0.25) is 0 Å². The van der Waals surface area contributed by atoms with Crippen molar-refractivity contribution in [2.45, 2.75) is 221 Å². The Balaban J connectivity index is 2.52. The monoisotopic (exact) mass is 647 g/mol. The number of aryl methyl sites for hydroxylation is 1. The number of rotatable bonds is 30. The lowest BCUT2D eigenvalue weighted by Crippen LogP contribution is -2.11. The minimum atomic E-state index is 1.02. The highest BCUT2D eigenvalue weighted by molar-refractivity contribution is 5.57. The van der Waals surface area contributed by atoms with Gasteiger partial charge in [0.25, 0.3) is 0 Å². The Hall–Kier alpha value is -1.76. The summed E-state index contributed by atoms with van der Waals surface area (Å²) < 4.78 is 7.14. The van der Waals surface area contributed by atoms with Gasteiger partial charge in [-0.1, -0.05) is 174 Å². The summed E-state index contributed by atoms with van der Waals surface area (Å²) in [4.78, 5) is 0. The van der Waals surface area contributed by atoms with E-state index in [1.165, 1.54) is 191 Å². The first-order valence-electron chi connectivity index (χ1n) is 21.0. The molecule has 0 saturated carbocycles. The maximum atomic E-state index is 7.14. The maximum Gasteiger partial charge on any atom is 0.134 e. The van der Waals surface area contributed by atoms with Gasteiger partial charge in [-0.05, 0) is 105 Å². The summed E-state index contributed by atoms with van der Waals surface area (Å²) >= 11 is 0. The Labute approximate surface area is 294 Å². The summed E-state index contributed by atoms with van der Waals surface area (Å²) in [5.41, 5.74) is 9.38. The fourth-order valence-electron chi connectivity index (χ4n) is 7.47. The lowest BCUT2D eigenvalue weighted by atomic mass is 9.83. The standard InChI is InChI=1S/C46H78O/c1-7-11-15-19-23-27-31-42-40(6)43(32-28-24-20-16-12-8-2)45(34-30-26-22-18-14-10-4)46(47-41-37-35-39(5)36-38-41)44(42)33-29-25-21-17-13-9-3/h35-38H,7-34H2,1-6H3. The van der Waals surface area contributed by atoms with Gasteiger partial charge in [0.15, 0.2) is 0 Å². The minimum absolute atomic E-state index is 1.02. The topological polar surface area (TPSA) is 9.23 Å². The maximum absolute atomic E-state index is 7.14. The summed E-state index contributed by atoms with van der Waals surface area (Å²) in [6.45, 7) is 14.0. The highest BCUT2D eigenvalue weighted by Gasteiger charge is 2.23. The van der Waals surface area contributed by atoms with Gasteiger partial charge in [0, 0.05) is 0 Å². The van der Waals surface area contributed by atoms with Crippen LogP contribution in [0.3, 0.4) is 0 Å². The molecule has 0 fully saturated rings. The van der Waals surface area contributed by atoms with Crippen LogP contribution in [0.25, 0.3) is 0 Å². The van der Waals surface area contributed by atoms with E-state index in [1.807, 2.05) is 0 Å². The number of benzene rings is 2. The molecule has 2 aromatic carbocycles. The fraction of sp³-hybridized carbons (Fsp3) is 0.739. The number of unbranched alkanes of at least 4 members (excludes halogenated alkanes) is 20. The molecule has 0 heterocycles. The van der Waals surface area contributed by atoms with E-state index in [-0.39, 0.29) is 0 Å². The molecule has 0 saturated heterocycles. The third kappa shape index (κ3) is 17.0. The van der Waals surface area contributed by atoms with Crippen molar-refractivity contribution in [1.82, 2.24) is 0 Å². The second-order valence-corrected chi connectivity index (χ2v) is 14.9. The Kier molecular flexibility index (Phi) is 23.9. The summed E-state index contributed by atoms with van der Waals surface area (Å²) in [6.07, 6.45) is 37.2. The second kappa shape index (κ2) is 27.1. The second-order valence-electron chi connectivity index (χ2n) is 14.9. The van der Waals surface area contributed by atoms with Crippen LogP contribution in [-0.2, 0) is 25.7 Å². The third-order valence-corrected chi connectivity index (χ3v) is 10.5. The van der Waals surface area contributed by atoms with Crippen molar-refractivity contribution in [2.24, 2.45) is 0 Å². The molecule has 0 amide bonds. The molecule has 0 aliphatic rings. The van der Waals surface area contributed by atoms with Crippen LogP contribution >= 0.6 is 0 Å². The van der Waals surface area contributed by atoms with E-state index in [1.54, 1.807) is 27.8 Å². The van der Waals surface area contributed by atoms with Crippen LogP contribution in [0.1, 0.15) is 215 Å². The van der Waals surface area contributed by atoms with Crippen LogP contribution in [0.4, 0.5) is 0 Å².